The van der Waals surface area contributed by atoms with Gasteiger partial charge in [0.25, 0.3) is 0 Å². The number of fused-ring (bicyclic) bond motifs is 1. The molecule has 0 bridgehead atoms. The third-order valence-electron chi connectivity index (χ3n) is 4.32. The van der Waals surface area contributed by atoms with Crippen LogP contribution in [0.4, 0.5) is 5.95 Å². The number of ether oxygens (including phenoxy) is 1. The number of carbonyl (C=O) groups is 1. The molecule has 1 aliphatic heterocycles. The van der Waals surface area contributed by atoms with Gasteiger partial charge >= 0.3 is 5.97 Å². The van der Waals surface area contributed by atoms with Gasteiger partial charge in [0.05, 0.1) is 19.3 Å². The Morgan fingerprint density at radius 3 is 2.74 bits per heavy atom. The Labute approximate surface area is 133 Å². The number of anilines is 1. The fourth-order valence-electron chi connectivity index (χ4n) is 3.02. The molecule has 2 aliphatic rings. The monoisotopic (exact) mass is 314 g/mol. The Kier molecular flexibility index (Phi) is 3.44. The van der Waals surface area contributed by atoms with Crippen molar-refractivity contribution < 1.29 is 9.53 Å². The quantitative estimate of drug-likeness (QED) is 0.753. The van der Waals surface area contributed by atoms with Crippen LogP contribution in [-0.4, -0.2) is 50.6 Å². The minimum atomic E-state index is -0.460. The lowest BCUT2D eigenvalue weighted by Gasteiger charge is -2.17. The van der Waals surface area contributed by atoms with Crippen LogP contribution >= 0.6 is 0 Å². The average molecular weight is 314 g/mol. The summed E-state index contributed by atoms with van der Waals surface area (Å²) in [5.41, 5.74) is 1.12. The van der Waals surface area contributed by atoms with Crippen molar-refractivity contribution in [3.63, 3.8) is 0 Å². The van der Waals surface area contributed by atoms with Gasteiger partial charge < -0.3 is 9.64 Å². The third kappa shape index (κ3) is 2.88. The van der Waals surface area contributed by atoms with E-state index in [-0.39, 0.29) is 5.69 Å². The predicted molar refractivity (Wildman–Crippen MR) is 80.9 cm³/mol. The van der Waals surface area contributed by atoms with E-state index in [9.17, 15) is 4.79 Å². The number of hydrogen-bond donors (Lipinski definition) is 0. The van der Waals surface area contributed by atoms with Crippen LogP contribution < -0.4 is 4.90 Å². The Morgan fingerprint density at radius 2 is 2.04 bits per heavy atom. The maximum atomic E-state index is 11.6. The fraction of sp³-hybridized carbons (Fsp3) is 0.533. The molecule has 8 heteroatoms. The maximum Gasteiger partial charge on any atom is 0.360 e. The molecule has 8 nitrogen and oxygen atoms in total. The molecule has 1 saturated carbocycles. The van der Waals surface area contributed by atoms with Gasteiger partial charge in [-0.15, -0.1) is 5.10 Å². The summed E-state index contributed by atoms with van der Waals surface area (Å²) in [6.07, 6.45) is 6.54. The highest BCUT2D eigenvalue weighted by molar-refractivity contribution is 5.86. The zero-order valence-corrected chi connectivity index (χ0v) is 12.9. The van der Waals surface area contributed by atoms with Crippen LogP contribution in [0, 0.1) is 11.8 Å². The van der Waals surface area contributed by atoms with Crippen LogP contribution in [0.1, 0.15) is 29.4 Å². The van der Waals surface area contributed by atoms with E-state index in [0.29, 0.717) is 13.2 Å². The number of nitrogens with zero attached hydrogens (tertiary/aromatic N) is 6. The molecule has 0 aromatic carbocycles. The molecule has 0 N–H and O–H groups in total. The number of esters is 1. The molecule has 2 unspecified atom stereocenters. The Morgan fingerprint density at radius 1 is 1.30 bits per heavy atom. The molecule has 1 aliphatic carbocycles. The SMILES string of the molecule is CCOC(=O)c1cn(Cc2cnc(N3CC4CC4C3)nc2)nn1. The van der Waals surface area contributed by atoms with Gasteiger partial charge in [-0.1, -0.05) is 5.21 Å². The molecule has 1 saturated heterocycles. The summed E-state index contributed by atoms with van der Waals surface area (Å²) >= 11 is 0. The predicted octanol–water partition coefficient (Wildman–Crippen LogP) is 0.749. The molecule has 0 spiro atoms. The van der Waals surface area contributed by atoms with Gasteiger partial charge in [-0.3, -0.25) is 0 Å². The largest absolute Gasteiger partial charge is 0.461 e. The lowest BCUT2D eigenvalue weighted by Crippen LogP contribution is -2.24. The second-order valence-electron chi connectivity index (χ2n) is 6.07. The fourth-order valence-corrected chi connectivity index (χ4v) is 3.02. The van der Waals surface area contributed by atoms with Crippen molar-refractivity contribution in [2.45, 2.75) is 19.9 Å². The topological polar surface area (TPSA) is 86.0 Å². The lowest BCUT2D eigenvalue weighted by molar-refractivity contribution is 0.0519. The summed E-state index contributed by atoms with van der Waals surface area (Å²) in [6, 6.07) is 0. The first-order valence-corrected chi connectivity index (χ1v) is 7.86. The molecular formula is C15H18N6O2. The van der Waals surface area contributed by atoms with E-state index in [1.54, 1.807) is 30.2 Å². The molecule has 0 radical (unpaired) electrons. The summed E-state index contributed by atoms with van der Waals surface area (Å²) in [6.45, 7) is 4.70. The highest BCUT2D eigenvalue weighted by atomic mass is 16.5. The summed E-state index contributed by atoms with van der Waals surface area (Å²) in [5, 5.41) is 7.74. The van der Waals surface area contributed by atoms with Gasteiger partial charge in [0, 0.05) is 31.0 Å². The molecule has 2 aromatic heterocycles. The maximum absolute atomic E-state index is 11.6. The standard InChI is InChI=1S/C15H18N6O2/c1-2-23-14(22)13-9-21(19-18-13)6-10-4-16-15(17-5-10)20-7-11-3-12(11)8-20/h4-5,9,11-12H,2-3,6-8H2,1H3. The van der Waals surface area contributed by atoms with E-state index in [0.717, 1.165) is 36.4 Å². The van der Waals surface area contributed by atoms with Gasteiger partial charge in [-0.05, 0) is 25.2 Å². The molecule has 120 valence electrons. The van der Waals surface area contributed by atoms with Crippen LogP contribution in [-0.2, 0) is 11.3 Å². The number of hydrogen-bond acceptors (Lipinski definition) is 7. The van der Waals surface area contributed by atoms with Gasteiger partial charge in [0.15, 0.2) is 5.69 Å². The van der Waals surface area contributed by atoms with Crippen molar-refractivity contribution >= 4 is 11.9 Å². The second kappa shape index (κ2) is 5.60. The Bertz CT molecular complexity index is 703. The first-order chi connectivity index (χ1) is 11.2. The molecule has 4 rings (SSSR count). The normalized spacial score (nSPS) is 22.0. The van der Waals surface area contributed by atoms with Gasteiger partial charge in [-0.25, -0.2) is 19.4 Å². The molecular weight excluding hydrogens is 296 g/mol. The summed E-state index contributed by atoms with van der Waals surface area (Å²) in [5.74, 6) is 2.05. The number of carbonyl (C=O) groups excluding carboxylic acids is 1. The molecule has 2 fully saturated rings. The van der Waals surface area contributed by atoms with Gasteiger partial charge in [0.1, 0.15) is 0 Å². The van der Waals surface area contributed by atoms with Gasteiger partial charge in [0.2, 0.25) is 5.95 Å². The average Bonchev–Trinajstić information content (AvgIpc) is 2.98. The van der Waals surface area contributed by atoms with E-state index in [2.05, 4.69) is 25.2 Å². The molecule has 0 amide bonds. The van der Waals surface area contributed by atoms with Crippen LogP contribution in [0.3, 0.4) is 0 Å². The summed E-state index contributed by atoms with van der Waals surface area (Å²) < 4.78 is 6.47. The van der Waals surface area contributed by atoms with E-state index >= 15 is 0 Å². The number of rotatable bonds is 5. The van der Waals surface area contributed by atoms with Crippen LogP contribution in [0.15, 0.2) is 18.6 Å². The van der Waals surface area contributed by atoms with Crippen LogP contribution in [0.5, 0.6) is 0 Å². The van der Waals surface area contributed by atoms with Crippen LogP contribution in [0.2, 0.25) is 0 Å². The third-order valence-corrected chi connectivity index (χ3v) is 4.32. The van der Waals surface area contributed by atoms with Crippen molar-refractivity contribution in [2.24, 2.45) is 11.8 Å². The molecule has 2 atom stereocenters. The molecule has 2 aromatic rings. The minimum absolute atomic E-state index is 0.209. The van der Waals surface area contributed by atoms with E-state index in [4.69, 9.17) is 4.74 Å². The van der Waals surface area contributed by atoms with Crippen molar-refractivity contribution in [3.8, 4) is 0 Å². The molecule has 3 heterocycles. The summed E-state index contributed by atoms with van der Waals surface area (Å²) in [4.78, 5) is 22.7. The lowest BCUT2D eigenvalue weighted by atomic mass is 10.3. The number of aromatic nitrogens is 5. The zero-order chi connectivity index (χ0) is 15.8. The minimum Gasteiger partial charge on any atom is -0.461 e. The van der Waals surface area contributed by atoms with E-state index in [1.807, 2.05) is 0 Å². The van der Waals surface area contributed by atoms with Crippen molar-refractivity contribution in [2.75, 3.05) is 24.6 Å². The van der Waals surface area contributed by atoms with Crippen molar-refractivity contribution in [1.82, 2.24) is 25.0 Å². The smallest absolute Gasteiger partial charge is 0.360 e. The molecule has 23 heavy (non-hydrogen) atoms. The van der Waals surface area contributed by atoms with E-state index < -0.39 is 5.97 Å². The van der Waals surface area contributed by atoms with E-state index in [1.165, 1.54) is 6.42 Å². The van der Waals surface area contributed by atoms with Crippen LogP contribution in [0.25, 0.3) is 0 Å². The van der Waals surface area contributed by atoms with Gasteiger partial charge in [-0.2, -0.15) is 0 Å². The highest BCUT2D eigenvalue weighted by Crippen LogP contribution is 2.45. The Balaban J connectivity index is 1.40. The zero-order valence-electron chi connectivity index (χ0n) is 12.9. The Hall–Kier alpha value is -2.51. The first-order valence-electron chi connectivity index (χ1n) is 7.86. The summed E-state index contributed by atoms with van der Waals surface area (Å²) in [7, 11) is 0. The second-order valence-corrected chi connectivity index (χ2v) is 6.07. The first kappa shape index (κ1) is 14.1. The van der Waals surface area contributed by atoms with Crippen molar-refractivity contribution in [3.05, 3.63) is 29.8 Å². The highest BCUT2D eigenvalue weighted by Gasteiger charge is 2.45. The number of piperidine rings is 1. The van der Waals surface area contributed by atoms with Crippen molar-refractivity contribution in [1.29, 1.82) is 0 Å².